The quantitative estimate of drug-likeness (QED) is 0.241. The largest absolute Gasteiger partial charge is 0.381 e. The van der Waals surface area contributed by atoms with Crippen molar-refractivity contribution in [3.8, 4) is 0 Å². The van der Waals surface area contributed by atoms with Gasteiger partial charge >= 0.3 is 0 Å². The van der Waals surface area contributed by atoms with Crippen molar-refractivity contribution in [2.24, 2.45) is 4.99 Å². The van der Waals surface area contributed by atoms with E-state index < -0.39 is 0 Å². The van der Waals surface area contributed by atoms with E-state index >= 15 is 0 Å². The zero-order valence-electron chi connectivity index (χ0n) is 13.6. The van der Waals surface area contributed by atoms with E-state index in [4.69, 9.17) is 4.74 Å². The first-order valence-electron chi connectivity index (χ1n) is 7.45. The number of hydrogen-bond acceptors (Lipinski definition) is 3. The number of nitrogens with zero attached hydrogens (tertiary/aromatic N) is 2. The van der Waals surface area contributed by atoms with Crippen molar-refractivity contribution < 1.29 is 4.74 Å². The van der Waals surface area contributed by atoms with Gasteiger partial charge in [0, 0.05) is 39.9 Å². The highest BCUT2D eigenvalue weighted by atomic mass is 127. The fourth-order valence-corrected chi connectivity index (χ4v) is 1.47. The third kappa shape index (κ3) is 14.3. The highest BCUT2D eigenvalue weighted by Gasteiger charge is 1.98. The smallest absolute Gasteiger partial charge is 0.191 e. The fourth-order valence-electron chi connectivity index (χ4n) is 1.47. The molecular formula is C14H33IN4O. The highest BCUT2D eigenvalue weighted by molar-refractivity contribution is 14.0. The second-order valence-electron chi connectivity index (χ2n) is 4.64. The third-order valence-electron chi connectivity index (χ3n) is 2.95. The molecule has 0 radical (unpaired) electrons. The summed E-state index contributed by atoms with van der Waals surface area (Å²) in [6, 6.07) is 0. The Bertz CT molecular complexity index is 227. The number of unbranched alkanes of at least 4 members (excludes halogenated alkanes) is 1. The van der Waals surface area contributed by atoms with E-state index in [0.29, 0.717) is 0 Å². The van der Waals surface area contributed by atoms with Crippen molar-refractivity contribution in [1.29, 1.82) is 0 Å². The Kier molecular flexibility index (Phi) is 18.8. The molecule has 0 saturated carbocycles. The summed E-state index contributed by atoms with van der Waals surface area (Å²) in [5.74, 6) is 0.873. The number of likely N-dealkylation sites (N-methyl/N-ethyl adjacent to an activating group) is 1. The first-order valence-corrected chi connectivity index (χ1v) is 7.45. The lowest BCUT2D eigenvalue weighted by atomic mass is 10.4. The molecule has 0 heterocycles. The lowest BCUT2D eigenvalue weighted by molar-refractivity contribution is 0.129. The Morgan fingerprint density at radius 2 is 1.75 bits per heavy atom. The summed E-state index contributed by atoms with van der Waals surface area (Å²) >= 11 is 0. The van der Waals surface area contributed by atoms with Gasteiger partial charge in [0.15, 0.2) is 5.96 Å². The van der Waals surface area contributed by atoms with Crippen LogP contribution in [0.1, 0.15) is 33.1 Å². The van der Waals surface area contributed by atoms with Gasteiger partial charge in [-0.25, -0.2) is 0 Å². The van der Waals surface area contributed by atoms with Gasteiger partial charge in [-0.05, 0) is 26.4 Å². The van der Waals surface area contributed by atoms with Gasteiger partial charge in [-0.15, -0.1) is 24.0 Å². The predicted octanol–water partition coefficient (Wildman–Crippen LogP) is 1.93. The maximum atomic E-state index is 5.51. The van der Waals surface area contributed by atoms with E-state index in [1.807, 2.05) is 0 Å². The zero-order chi connectivity index (χ0) is 14.3. The maximum absolute atomic E-state index is 5.51. The molecule has 0 rings (SSSR count). The number of ether oxygens (including phenoxy) is 1. The fraction of sp³-hybridized carbons (Fsp3) is 0.929. The third-order valence-corrected chi connectivity index (χ3v) is 2.95. The first-order chi connectivity index (χ1) is 9.24. The van der Waals surface area contributed by atoms with Gasteiger partial charge in [0.1, 0.15) is 0 Å². The molecule has 0 aliphatic heterocycles. The Morgan fingerprint density at radius 3 is 2.35 bits per heavy atom. The van der Waals surface area contributed by atoms with Crippen LogP contribution in [0.15, 0.2) is 4.99 Å². The molecule has 0 aliphatic carbocycles. The summed E-state index contributed by atoms with van der Waals surface area (Å²) in [6.07, 6.45) is 3.36. The number of hydrogen-bond donors (Lipinski definition) is 2. The molecular weight excluding hydrogens is 367 g/mol. The van der Waals surface area contributed by atoms with Crippen molar-refractivity contribution in [3.05, 3.63) is 0 Å². The average molecular weight is 400 g/mol. The molecule has 0 atom stereocenters. The SMILES string of the molecule is CCCCOCCCNC(=NC)NCCN(C)CC.I. The van der Waals surface area contributed by atoms with Crippen molar-refractivity contribution in [2.75, 3.05) is 53.5 Å². The normalized spacial score (nSPS) is 11.3. The van der Waals surface area contributed by atoms with Gasteiger partial charge in [-0.2, -0.15) is 0 Å². The summed E-state index contributed by atoms with van der Waals surface area (Å²) in [6.45, 7) is 9.95. The molecule has 0 bridgehead atoms. The van der Waals surface area contributed by atoms with Crippen LogP contribution in [0.5, 0.6) is 0 Å². The standard InChI is InChI=1S/C14H32N4O.HI/c1-5-7-12-19-13-8-9-16-14(15-3)17-10-11-18(4)6-2;/h5-13H2,1-4H3,(H2,15,16,17);1H. The Hall–Kier alpha value is -0.0800. The Labute approximate surface area is 141 Å². The van der Waals surface area contributed by atoms with E-state index in [9.17, 15) is 0 Å². The monoisotopic (exact) mass is 400 g/mol. The van der Waals surface area contributed by atoms with Crippen LogP contribution >= 0.6 is 24.0 Å². The molecule has 0 unspecified atom stereocenters. The molecule has 0 aromatic heterocycles. The minimum Gasteiger partial charge on any atom is -0.381 e. The van der Waals surface area contributed by atoms with Crippen LogP contribution in [-0.4, -0.2) is 64.3 Å². The minimum absolute atomic E-state index is 0. The van der Waals surface area contributed by atoms with Crippen molar-refractivity contribution >= 4 is 29.9 Å². The number of rotatable bonds is 11. The molecule has 0 spiro atoms. The Morgan fingerprint density at radius 1 is 1.10 bits per heavy atom. The first kappa shape index (κ1) is 22.2. The van der Waals surface area contributed by atoms with Crippen LogP contribution < -0.4 is 10.6 Å². The molecule has 122 valence electrons. The van der Waals surface area contributed by atoms with Crippen molar-refractivity contribution in [3.63, 3.8) is 0 Å². The van der Waals surface area contributed by atoms with E-state index in [1.54, 1.807) is 7.05 Å². The van der Waals surface area contributed by atoms with E-state index in [1.165, 1.54) is 6.42 Å². The second kappa shape index (κ2) is 17.0. The summed E-state index contributed by atoms with van der Waals surface area (Å²) in [4.78, 5) is 6.46. The van der Waals surface area contributed by atoms with E-state index in [-0.39, 0.29) is 24.0 Å². The molecule has 0 aromatic carbocycles. The van der Waals surface area contributed by atoms with Crippen LogP contribution in [0.4, 0.5) is 0 Å². The van der Waals surface area contributed by atoms with Gasteiger partial charge in [0.25, 0.3) is 0 Å². The molecule has 0 aliphatic rings. The van der Waals surface area contributed by atoms with Crippen LogP contribution in [-0.2, 0) is 4.74 Å². The van der Waals surface area contributed by atoms with Gasteiger partial charge in [0.05, 0.1) is 0 Å². The van der Waals surface area contributed by atoms with Crippen LogP contribution in [0, 0.1) is 0 Å². The number of guanidine groups is 1. The summed E-state index contributed by atoms with van der Waals surface area (Å²) < 4.78 is 5.51. The van der Waals surface area contributed by atoms with E-state index in [0.717, 1.165) is 58.2 Å². The van der Waals surface area contributed by atoms with Gasteiger partial charge in [-0.1, -0.05) is 20.3 Å². The Balaban J connectivity index is 0. The molecule has 2 N–H and O–H groups in total. The topological polar surface area (TPSA) is 48.9 Å². The molecule has 0 amide bonds. The summed E-state index contributed by atoms with van der Waals surface area (Å²) in [5.41, 5.74) is 0. The number of halogens is 1. The molecule has 0 fully saturated rings. The number of nitrogens with one attached hydrogen (secondary N) is 2. The minimum atomic E-state index is 0. The highest BCUT2D eigenvalue weighted by Crippen LogP contribution is 1.89. The second-order valence-corrected chi connectivity index (χ2v) is 4.64. The van der Waals surface area contributed by atoms with Gasteiger partial charge in [0.2, 0.25) is 0 Å². The van der Waals surface area contributed by atoms with Crippen LogP contribution in [0.25, 0.3) is 0 Å². The van der Waals surface area contributed by atoms with Crippen LogP contribution in [0.2, 0.25) is 0 Å². The molecule has 5 nitrogen and oxygen atoms in total. The predicted molar refractivity (Wildman–Crippen MR) is 98.3 cm³/mol. The lowest BCUT2D eigenvalue weighted by Crippen LogP contribution is -2.41. The summed E-state index contributed by atoms with van der Waals surface area (Å²) in [7, 11) is 3.92. The maximum Gasteiger partial charge on any atom is 0.191 e. The average Bonchev–Trinajstić information content (AvgIpc) is 2.44. The van der Waals surface area contributed by atoms with Crippen molar-refractivity contribution in [1.82, 2.24) is 15.5 Å². The van der Waals surface area contributed by atoms with Gasteiger partial charge in [-0.3, -0.25) is 4.99 Å². The molecule has 6 heteroatoms. The number of aliphatic imine (C=N–C) groups is 1. The van der Waals surface area contributed by atoms with Crippen molar-refractivity contribution in [2.45, 2.75) is 33.1 Å². The summed E-state index contributed by atoms with van der Waals surface area (Å²) in [5, 5.41) is 6.59. The van der Waals surface area contributed by atoms with Crippen LogP contribution in [0.3, 0.4) is 0 Å². The zero-order valence-corrected chi connectivity index (χ0v) is 15.9. The molecule has 0 saturated heterocycles. The lowest BCUT2D eigenvalue weighted by Gasteiger charge is -2.16. The molecule has 20 heavy (non-hydrogen) atoms. The van der Waals surface area contributed by atoms with Gasteiger partial charge < -0.3 is 20.3 Å². The van der Waals surface area contributed by atoms with E-state index in [2.05, 4.69) is 41.4 Å². The molecule has 0 aromatic rings.